The summed E-state index contributed by atoms with van der Waals surface area (Å²) in [4.78, 5) is 2.26. The van der Waals surface area contributed by atoms with Crippen molar-refractivity contribution in [1.82, 2.24) is 10.2 Å². The van der Waals surface area contributed by atoms with Gasteiger partial charge in [0.25, 0.3) is 0 Å². The van der Waals surface area contributed by atoms with E-state index in [1.54, 1.807) is 0 Å². The molecule has 2 heterocycles. The molecule has 4 nitrogen and oxygen atoms in total. The first-order valence-corrected chi connectivity index (χ1v) is 6.50. The van der Waals surface area contributed by atoms with Gasteiger partial charge < -0.3 is 10.6 Å². The zero-order valence-electron chi connectivity index (χ0n) is 10.2. The molecular formula is C14H16N4. The van der Waals surface area contributed by atoms with E-state index >= 15 is 0 Å². The average Bonchev–Trinajstić information content (AvgIpc) is 3.19. The predicted molar refractivity (Wildman–Crippen MR) is 71.4 cm³/mol. The van der Waals surface area contributed by atoms with Crippen LogP contribution in [0.4, 0.5) is 5.82 Å². The lowest BCUT2D eigenvalue weighted by Crippen LogP contribution is -2.69. The molecule has 1 saturated carbocycles. The van der Waals surface area contributed by atoms with Crippen LogP contribution in [0.2, 0.25) is 0 Å². The van der Waals surface area contributed by atoms with Crippen LogP contribution in [0, 0.1) is 5.92 Å². The van der Waals surface area contributed by atoms with Crippen LogP contribution in [0.15, 0.2) is 30.5 Å². The summed E-state index contributed by atoms with van der Waals surface area (Å²) in [6.07, 6.45) is 4.41. The fraction of sp³-hybridized carbons (Fsp3) is 0.429. The average molecular weight is 240 g/mol. The van der Waals surface area contributed by atoms with Crippen molar-refractivity contribution in [2.24, 2.45) is 11.7 Å². The number of nitrogens with two attached hydrogens (primary N) is 1. The van der Waals surface area contributed by atoms with E-state index in [1.165, 1.54) is 18.2 Å². The number of rotatable bonds is 2. The molecule has 0 radical (unpaired) electrons. The van der Waals surface area contributed by atoms with Gasteiger partial charge >= 0.3 is 0 Å². The Hall–Kier alpha value is -1.68. The van der Waals surface area contributed by atoms with Gasteiger partial charge in [0.15, 0.2) is 5.82 Å². The maximum Gasteiger partial charge on any atom is 0.159 e. The Kier molecular flexibility index (Phi) is 1.95. The molecule has 4 rings (SSSR count). The lowest BCUT2D eigenvalue weighted by Gasteiger charge is -2.49. The minimum atomic E-state index is 0.0264. The monoisotopic (exact) mass is 240 g/mol. The Bertz CT molecular complexity index is 594. The highest BCUT2D eigenvalue weighted by Crippen LogP contribution is 2.44. The number of fused-ring (bicyclic) bond motifs is 1. The van der Waals surface area contributed by atoms with E-state index in [4.69, 9.17) is 5.73 Å². The molecule has 1 aliphatic carbocycles. The minimum absolute atomic E-state index is 0.0264. The van der Waals surface area contributed by atoms with Gasteiger partial charge in [0.2, 0.25) is 0 Å². The van der Waals surface area contributed by atoms with Crippen LogP contribution >= 0.6 is 0 Å². The highest BCUT2D eigenvalue weighted by Gasteiger charge is 2.50. The quantitative estimate of drug-likeness (QED) is 0.865. The van der Waals surface area contributed by atoms with Gasteiger partial charge in [-0.25, -0.2) is 0 Å². The molecule has 2 fully saturated rings. The molecule has 0 spiro atoms. The van der Waals surface area contributed by atoms with E-state index in [2.05, 4.69) is 27.2 Å². The third kappa shape index (κ3) is 1.42. The smallest absolute Gasteiger partial charge is 0.159 e. The zero-order valence-corrected chi connectivity index (χ0v) is 10.2. The van der Waals surface area contributed by atoms with E-state index in [0.29, 0.717) is 0 Å². The van der Waals surface area contributed by atoms with Crippen molar-refractivity contribution in [1.29, 1.82) is 0 Å². The Morgan fingerprint density at radius 2 is 2.00 bits per heavy atom. The van der Waals surface area contributed by atoms with Crippen molar-refractivity contribution in [2.75, 3.05) is 18.0 Å². The number of hydrogen-bond acceptors (Lipinski definition) is 4. The van der Waals surface area contributed by atoms with Gasteiger partial charge in [-0.1, -0.05) is 24.3 Å². The van der Waals surface area contributed by atoms with Crippen molar-refractivity contribution >= 4 is 16.6 Å². The minimum Gasteiger partial charge on any atom is -0.351 e. The van der Waals surface area contributed by atoms with Crippen LogP contribution in [-0.4, -0.2) is 28.8 Å². The molecule has 1 saturated heterocycles. The van der Waals surface area contributed by atoms with Gasteiger partial charge in [0, 0.05) is 23.9 Å². The SMILES string of the molecule is NC1(C2CC2)CN(c2nncc3ccccc23)C1. The summed E-state index contributed by atoms with van der Waals surface area (Å²) in [5.41, 5.74) is 6.42. The molecule has 1 aromatic carbocycles. The molecule has 18 heavy (non-hydrogen) atoms. The van der Waals surface area contributed by atoms with Gasteiger partial charge in [0.05, 0.1) is 11.7 Å². The molecule has 2 aliphatic rings. The van der Waals surface area contributed by atoms with Gasteiger partial charge in [-0.05, 0) is 18.8 Å². The molecule has 1 aliphatic heterocycles. The zero-order chi connectivity index (χ0) is 12.2. The molecule has 2 aromatic rings. The second-order valence-electron chi connectivity index (χ2n) is 5.62. The van der Waals surface area contributed by atoms with Gasteiger partial charge in [0.1, 0.15) is 0 Å². The lowest BCUT2D eigenvalue weighted by molar-refractivity contribution is 0.289. The fourth-order valence-electron chi connectivity index (χ4n) is 2.98. The van der Waals surface area contributed by atoms with Crippen LogP contribution in [0.25, 0.3) is 10.8 Å². The summed E-state index contributed by atoms with van der Waals surface area (Å²) >= 11 is 0. The Morgan fingerprint density at radius 1 is 1.22 bits per heavy atom. The van der Waals surface area contributed by atoms with Crippen LogP contribution in [0.5, 0.6) is 0 Å². The summed E-state index contributed by atoms with van der Waals surface area (Å²) in [5, 5.41) is 10.7. The normalized spacial score (nSPS) is 21.9. The lowest BCUT2D eigenvalue weighted by atomic mass is 9.85. The Morgan fingerprint density at radius 3 is 2.78 bits per heavy atom. The molecule has 0 atom stereocenters. The van der Waals surface area contributed by atoms with Crippen LogP contribution in [0.3, 0.4) is 0 Å². The van der Waals surface area contributed by atoms with Gasteiger partial charge in [-0.2, -0.15) is 5.10 Å². The number of nitrogens with zero attached hydrogens (tertiary/aromatic N) is 3. The molecule has 92 valence electrons. The standard InChI is InChI=1S/C14H16N4/c15-14(11-5-6-11)8-18(9-14)13-12-4-2-1-3-10(12)7-16-17-13/h1-4,7,11H,5-6,8-9,15H2. The van der Waals surface area contributed by atoms with E-state index in [9.17, 15) is 0 Å². The second kappa shape index (κ2) is 3.42. The van der Waals surface area contributed by atoms with Gasteiger partial charge in [-0.15, -0.1) is 5.10 Å². The first-order valence-electron chi connectivity index (χ1n) is 6.50. The number of hydrogen-bond donors (Lipinski definition) is 1. The second-order valence-corrected chi connectivity index (χ2v) is 5.62. The first-order chi connectivity index (χ1) is 8.76. The largest absolute Gasteiger partial charge is 0.351 e. The van der Waals surface area contributed by atoms with Crippen molar-refractivity contribution in [3.05, 3.63) is 30.5 Å². The van der Waals surface area contributed by atoms with E-state index in [0.717, 1.165) is 30.2 Å². The maximum atomic E-state index is 6.39. The fourth-order valence-corrected chi connectivity index (χ4v) is 2.98. The van der Waals surface area contributed by atoms with Crippen LogP contribution in [0.1, 0.15) is 12.8 Å². The number of anilines is 1. The third-order valence-corrected chi connectivity index (χ3v) is 4.21. The molecule has 1 aromatic heterocycles. The Labute approximate surface area is 106 Å². The first kappa shape index (κ1) is 10.3. The third-order valence-electron chi connectivity index (χ3n) is 4.21. The molecule has 0 bridgehead atoms. The number of benzene rings is 1. The highest BCUT2D eigenvalue weighted by molar-refractivity contribution is 5.91. The summed E-state index contributed by atoms with van der Waals surface area (Å²) in [5.74, 6) is 1.71. The predicted octanol–water partition coefficient (Wildman–Crippen LogP) is 1.56. The summed E-state index contributed by atoms with van der Waals surface area (Å²) in [7, 11) is 0. The summed E-state index contributed by atoms with van der Waals surface area (Å²) in [6, 6.07) is 8.25. The van der Waals surface area contributed by atoms with E-state index in [1.807, 2.05) is 18.3 Å². The Balaban J connectivity index is 1.68. The molecular weight excluding hydrogens is 224 g/mol. The van der Waals surface area contributed by atoms with Crippen molar-refractivity contribution in [3.8, 4) is 0 Å². The van der Waals surface area contributed by atoms with Crippen LogP contribution in [-0.2, 0) is 0 Å². The van der Waals surface area contributed by atoms with E-state index < -0.39 is 0 Å². The number of aromatic nitrogens is 2. The van der Waals surface area contributed by atoms with Crippen LogP contribution < -0.4 is 10.6 Å². The highest BCUT2D eigenvalue weighted by atomic mass is 15.3. The van der Waals surface area contributed by atoms with E-state index in [-0.39, 0.29) is 5.54 Å². The molecule has 4 heteroatoms. The van der Waals surface area contributed by atoms with Crippen molar-refractivity contribution < 1.29 is 0 Å². The van der Waals surface area contributed by atoms with Gasteiger partial charge in [-0.3, -0.25) is 0 Å². The topological polar surface area (TPSA) is 55.0 Å². The molecule has 0 unspecified atom stereocenters. The summed E-state index contributed by atoms with van der Waals surface area (Å²) in [6.45, 7) is 1.83. The van der Waals surface area contributed by atoms with Crippen molar-refractivity contribution in [3.63, 3.8) is 0 Å². The molecule has 0 amide bonds. The summed E-state index contributed by atoms with van der Waals surface area (Å²) < 4.78 is 0. The maximum absolute atomic E-state index is 6.39. The van der Waals surface area contributed by atoms with Crippen molar-refractivity contribution in [2.45, 2.75) is 18.4 Å². The molecule has 2 N–H and O–H groups in total.